The summed E-state index contributed by atoms with van der Waals surface area (Å²) < 4.78 is 7.41. The van der Waals surface area contributed by atoms with Gasteiger partial charge >= 0.3 is 0 Å². The van der Waals surface area contributed by atoms with Crippen LogP contribution in [0.3, 0.4) is 0 Å². The molecule has 6 nitrogen and oxygen atoms in total. The van der Waals surface area contributed by atoms with Crippen molar-refractivity contribution in [1.82, 2.24) is 9.88 Å². The fraction of sp³-hybridized carbons (Fsp3) is 0.304. The zero-order chi connectivity index (χ0) is 20.0. The SMILES string of the molecule is CNC(=O)c1cccc(Cn2ccc3cc(N4CC5CC(C4)O5)ccc3c2=O)c1. The molecule has 3 aliphatic heterocycles. The van der Waals surface area contributed by atoms with Crippen LogP contribution in [0.15, 0.2) is 59.5 Å². The number of hydrogen-bond donors (Lipinski definition) is 1. The molecule has 3 aliphatic rings. The first-order valence-corrected chi connectivity index (χ1v) is 9.95. The Kier molecular flexibility index (Phi) is 4.36. The number of pyridine rings is 1. The Morgan fingerprint density at radius 2 is 1.93 bits per heavy atom. The first kappa shape index (κ1) is 17.9. The summed E-state index contributed by atoms with van der Waals surface area (Å²) >= 11 is 0. The lowest BCUT2D eigenvalue weighted by atomic mass is 9.98. The Balaban J connectivity index is 1.42. The average Bonchev–Trinajstić information content (AvgIpc) is 2.75. The molecule has 3 aromatic rings. The van der Waals surface area contributed by atoms with E-state index >= 15 is 0 Å². The Bertz CT molecular complexity index is 1140. The number of piperidine rings is 1. The Labute approximate surface area is 168 Å². The van der Waals surface area contributed by atoms with Crippen molar-refractivity contribution in [1.29, 1.82) is 0 Å². The van der Waals surface area contributed by atoms with Crippen molar-refractivity contribution in [3.8, 4) is 0 Å². The molecular formula is C23H23N3O3. The predicted octanol–water partition coefficient (Wildman–Crippen LogP) is 2.39. The maximum atomic E-state index is 13.0. The van der Waals surface area contributed by atoms with E-state index < -0.39 is 0 Å². The van der Waals surface area contributed by atoms with Gasteiger partial charge in [0, 0.05) is 49.4 Å². The second-order valence-corrected chi connectivity index (χ2v) is 7.82. The van der Waals surface area contributed by atoms with Crippen LogP contribution in [0.1, 0.15) is 22.3 Å². The van der Waals surface area contributed by atoms with Gasteiger partial charge < -0.3 is 19.5 Å². The van der Waals surface area contributed by atoms with Crippen molar-refractivity contribution >= 4 is 22.4 Å². The van der Waals surface area contributed by atoms with Gasteiger partial charge in [-0.1, -0.05) is 12.1 Å². The highest BCUT2D eigenvalue weighted by molar-refractivity contribution is 5.94. The summed E-state index contributed by atoms with van der Waals surface area (Å²) in [5, 5.41) is 4.28. The van der Waals surface area contributed by atoms with Gasteiger partial charge in [0.05, 0.1) is 18.8 Å². The van der Waals surface area contributed by atoms with Crippen LogP contribution < -0.4 is 15.8 Å². The molecule has 1 aromatic heterocycles. The molecule has 6 heteroatoms. The van der Waals surface area contributed by atoms with E-state index in [0.717, 1.165) is 36.1 Å². The summed E-state index contributed by atoms with van der Waals surface area (Å²) in [6.07, 6.45) is 3.69. The van der Waals surface area contributed by atoms with Gasteiger partial charge in [-0.15, -0.1) is 0 Å². The Morgan fingerprint density at radius 1 is 1.14 bits per heavy atom. The molecule has 3 fully saturated rings. The molecule has 4 heterocycles. The molecule has 1 amide bonds. The number of anilines is 1. The van der Waals surface area contributed by atoms with Crippen molar-refractivity contribution in [2.75, 3.05) is 25.0 Å². The number of carbonyl (C=O) groups excluding carboxylic acids is 1. The summed E-state index contributed by atoms with van der Waals surface area (Å²) in [5.41, 5.74) is 2.62. The van der Waals surface area contributed by atoms with Gasteiger partial charge in [0.15, 0.2) is 0 Å². The van der Waals surface area contributed by atoms with E-state index in [1.54, 1.807) is 17.7 Å². The van der Waals surface area contributed by atoms with Gasteiger partial charge in [-0.2, -0.15) is 0 Å². The topological polar surface area (TPSA) is 63.6 Å². The summed E-state index contributed by atoms with van der Waals surface area (Å²) in [6.45, 7) is 2.26. The third-order valence-corrected chi connectivity index (χ3v) is 5.85. The molecule has 0 spiro atoms. The molecule has 0 saturated carbocycles. The normalized spacial score (nSPS) is 20.4. The second kappa shape index (κ2) is 7.04. The first-order valence-electron chi connectivity index (χ1n) is 9.95. The van der Waals surface area contributed by atoms with Crippen LogP contribution in [0, 0.1) is 0 Å². The van der Waals surface area contributed by atoms with E-state index in [1.165, 1.54) is 0 Å². The van der Waals surface area contributed by atoms with Crippen LogP contribution in [0.5, 0.6) is 0 Å². The molecule has 2 bridgehead atoms. The van der Waals surface area contributed by atoms with Gasteiger partial charge in [0.1, 0.15) is 0 Å². The largest absolute Gasteiger partial charge is 0.371 e. The summed E-state index contributed by atoms with van der Waals surface area (Å²) in [6, 6.07) is 15.4. The number of rotatable bonds is 4. The number of ether oxygens (including phenoxy) is 1. The van der Waals surface area contributed by atoms with Gasteiger partial charge in [-0.25, -0.2) is 0 Å². The first-order chi connectivity index (χ1) is 14.1. The molecule has 0 radical (unpaired) electrons. The van der Waals surface area contributed by atoms with Crippen molar-refractivity contribution < 1.29 is 9.53 Å². The van der Waals surface area contributed by atoms with E-state index in [4.69, 9.17) is 4.74 Å². The monoisotopic (exact) mass is 389 g/mol. The number of benzene rings is 2. The molecule has 3 saturated heterocycles. The quantitative estimate of drug-likeness (QED) is 0.744. The van der Waals surface area contributed by atoms with Crippen LogP contribution in [-0.4, -0.2) is 42.8 Å². The predicted molar refractivity (Wildman–Crippen MR) is 113 cm³/mol. The number of amides is 1. The number of nitrogens with zero attached hydrogens (tertiary/aromatic N) is 2. The second-order valence-electron chi connectivity index (χ2n) is 7.82. The number of aromatic nitrogens is 1. The molecule has 2 aromatic carbocycles. The van der Waals surface area contributed by atoms with E-state index in [9.17, 15) is 9.59 Å². The van der Waals surface area contributed by atoms with Crippen LogP contribution in [0.25, 0.3) is 10.8 Å². The third-order valence-electron chi connectivity index (χ3n) is 5.85. The van der Waals surface area contributed by atoms with E-state index in [1.807, 2.05) is 42.6 Å². The number of nitrogens with one attached hydrogen (secondary N) is 1. The minimum Gasteiger partial charge on any atom is -0.371 e. The number of carbonyl (C=O) groups is 1. The van der Waals surface area contributed by atoms with Crippen LogP contribution in [0.4, 0.5) is 5.69 Å². The molecular weight excluding hydrogens is 366 g/mol. The molecule has 6 rings (SSSR count). The molecule has 1 N–H and O–H groups in total. The number of hydrogen-bond acceptors (Lipinski definition) is 4. The molecule has 2 unspecified atom stereocenters. The van der Waals surface area contributed by atoms with Crippen molar-refractivity contribution in [3.63, 3.8) is 0 Å². The number of morpholine rings is 1. The minimum absolute atomic E-state index is 0.0239. The lowest BCUT2D eigenvalue weighted by Crippen LogP contribution is -2.57. The van der Waals surface area contributed by atoms with Crippen molar-refractivity contribution in [2.45, 2.75) is 25.2 Å². The van der Waals surface area contributed by atoms with Gasteiger partial charge in [-0.3, -0.25) is 9.59 Å². The molecule has 29 heavy (non-hydrogen) atoms. The zero-order valence-electron chi connectivity index (χ0n) is 16.3. The lowest BCUT2D eigenvalue weighted by molar-refractivity contribution is -0.133. The summed E-state index contributed by atoms with van der Waals surface area (Å²) in [5.74, 6) is -0.133. The summed E-state index contributed by atoms with van der Waals surface area (Å²) in [7, 11) is 1.61. The van der Waals surface area contributed by atoms with Crippen LogP contribution in [0.2, 0.25) is 0 Å². The van der Waals surface area contributed by atoms with E-state index in [0.29, 0.717) is 29.7 Å². The van der Waals surface area contributed by atoms with Gasteiger partial charge in [0.25, 0.3) is 11.5 Å². The fourth-order valence-corrected chi connectivity index (χ4v) is 4.32. The van der Waals surface area contributed by atoms with Crippen LogP contribution in [-0.2, 0) is 11.3 Å². The Morgan fingerprint density at radius 3 is 2.69 bits per heavy atom. The minimum atomic E-state index is -0.133. The maximum Gasteiger partial charge on any atom is 0.258 e. The molecule has 148 valence electrons. The average molecular weight is 389 g/mol. The fourth-order valence-electron chi connectivity index (χ4n) is 4.32. The van der Waals surface area contributed by atoms with E-state index in [2.05, 4.69) is 16.3 Å². The van der Waals surface area contributed by atoms with Gasteiger partial charge in [0.2, 0.25) is 0 Å². The molecule has 2 atom stereocenters. The van der Waals surface area contributed by atoms with Gasteiger partial charge in [-0.05, 0) is 47.3 Å². The third kappa shape index (κ3) is 3.29. The van der Waals surface area contributed by atoms with Crippen molar-refractivity contribution in [2.24, 2.45) is 0 Å². The smallest absolute Gasteiger partial charge is 0.258 e. The number of fused-ring (bicyclic) bond motifs is 3. The maximum absolute atomic E-state index is 13.0. The molecule has 0 aliphatic carbocycles. The standard InChI is InChI=1S/C23H23N3O3/c1-24-22(27)17-4-2-3-15(9-17)12-25-8-7-16-10-18(5-6-21(16)23(25)28)26-13-19-11-20(14-26)29-19/h2-10,19-20H,11-14H2,1H3,(H,24,27). The summed E-state index contributed by atoms with van der Waals surface area (Å²) in [4.78, 5) is 27.2. The highest BCUT2D eigenvalue weighted by Crippen LogP contribution is 2.32. The zero-order valence-corrected chi connectivity index (χ0v) is 16.3. The highest BCUT2D eigenvalue weighted by atomic mass is 16.5. The highest BCUT2D eigenvalue weighted by Gasteiger charge is 2.38. The lowest BCUT2D eigenvalue weighted by Gasteiger charge is -2.48. The van der Waals surface area contributed by atoms with E-state index in [-0.39, 0.29) is 11.5 Å². The Hall–Kier alpha value is -3.12. The van der Waals surface area contributed by atoms with Crippen molar-refractivity contribution in [3.05, 3.63) is 76.2 Å². The van der Waals surface area contributed by atoms with Crippen LogP contribution >= 0.6 is 0 Å².